The van der Waals surface area contributed by atoms with Crippen molar-refractivity contribution in [3.63, 3.8) is 0 Å². The smallest absolute Gasteiger partial charge is 0.322 e. The molecule has 36 heavy (non-hydrogen) atoms. The number of nitrogens with one attached hydrogen (secondary N) is 1. The van der Waals surface area contributed by atoms with Gasteiger partial charge in [0.1, 0.15) is 5.75 Å². The van der Waals surface area contributed by atoms with Gasteiger partial charge >= 0.3 is 6.01 Å². The molecule has 1 aliphatic rings. The molecule has 0 aliphatic carbocycles. The molecule has 0 saturated carbocycles. The normalized spacial score (nSPS) is 14.7. The summed E-state index contributed by atoms with van der Waals surface area (Å²) in [5.41, 5.74) is 2.40. The quantitative estimate of drug-likeness (QED) is 0.334. The second-order valence-electron chi connectivity index (χ2n) is 8.48. The van der Waals surface area contributed by atoms with E-state index in [0.717, 1.165) is 49.0 Å². The van der Waals surface area contributed by atoms with Gasteiger partial charge in [-0.15, -0.1) is 0 Å². The van der Waals surface area contributed by atoms with Crippen molar-refractivity contribution >= 4 is 45.5 Å². The van der Waals surface area contributed by atoms with Crippen LogP contribution in [0.25, 0.3) is 10.6 Å². The molecule has 1 aliphatic heterocycles. The van der Waals surface area contributed by atoms with E-state index in [-0.39, 0.29) is 6.01 Å². The van der Waals surface area contributed by atoms with Gasteiger partial charge in [0.25, 0.3) is 0 Å². The summed E-state index contributed by atoms with van der Waals surface area (Å²) >= 11 is 13.6. The molecule has 1 fully saturated rings. The number of piperazine rings is 1. The monoisotopic (exact) mass is 542 g/mol. The molecule has 0 spiro atoms. The number of likely N-dealkylation sites (N-methyl/N-ethyl adjacent to an activating group) is 1. The van der Waals surface area contributed by atoms with Crippen LogP contribution in [0.15, 0.2) is 42.9 Å². The van der Waals surface area contributed by atoms with Crippen molar-refractivity contribution < 1.29 is 4.74 Å². The highest BCUT2D eigenvalue weighted by molar-refractivity contribution is 7.18. The number of rotatable bonds is 7. The Morgan fingerprint density at radius 2 is 1.83 bits per heavy atom. The number of aryl methyl sites for hydroxylation is 1. The molecule has 1 saturated heterocycles. The van der Waals surface area contributed by atoms with Crippen molar-refractivity contribution in [1.29, 1.82) is 0 Å². The first-order valence-corrected chi connectivity index (χ1v) is 12.9. The molecule has 1 aromatic carbocycles. The molecular formula is C24H24Cl2N8OS. The summed E-state index contributed by atoms with van der Waals surface area (Å²) in [7, 11) is 2.15. The molecule has 3 aromatic heterocycles. The fraction of sp³-hybridized carbons (Fsp3) is 0.292. The van der Waals surface area contributed by atoms with Gasteiger partial charge < -0.3 is 15.0 Å². The summed E-state index contributed by atoms with van der Waals surface area (Å²) < 4.78 is 5.81. The molecule has 12 heteroatoms. The minimum Gasteiger partial charge on any atom is -0.423 e. The molecule has 1 N–H and O–H groups in total. The summed E-state index contributed by atoms with van der Waals surface area (Å²) in [5.74, 6) is 1.07. The molecular weight excluding hydrogens is 519 g/mol. The molecule has 0 atom stereocenters. The lowest BCUT2D eigenvalue weighted by Gasteiger charge is -2.31. The van der Waals surface area contributed by atoms with Crippen LogP contribution in [-0.4, -0.2) is 67.9 Å². The standard InChI is InChI=1S/C24H24Cl2N8OS/c1-15-9-19(31-23(30-15)35-20-4-3-16(25)10-18(20)26)21-12-29-24(36-21)32-22-13-27-17(11-28-22)14-34-7-5-33(2)6-8-34/h3-4,9-13H,5-8,14H2,1-2H3,(H,28,29,32). The number of thiazole rings is 1. The van der Waals surface area contributed by atoms with E-state index in [0.29, 0.717) is 32.4 Å². The van der Waals surface area contributed by atoms with Crippen LogP contribution in [-0.2, 0) is 6.54 Å². The summed E-state index contributed by atoms with van der Waals surface area (Å²) in [6.45, 7) is 6.92. The summed E-state index contributed by atoms with van der Waals surface area (Å²) in [6, 6.07) is 7.06. The van der Waals surface area contributed by atoms with Gasteiger partial charge in [0.2, 0.25) is 0 Å². The van der Waals surface area contributed by atoms with E-state index >= 15 is 0 Å². The van der Waals surface area contributed by atoms with Gasteiger partial charge in [-0.2, -0.15) is 4.98 Å². The van der Waals surface area contributed by atoms with Crippen molar-refractivity contribution in [2.24, 2.45) is 0 Å². The van der Waals surface area contributed by atoms with Crippen LogP contribution in [0.3, 0.4) is 0 Å². The molecule has 9 nitrogen and oxygen atoms in total. The number of aromatic nitrogens is 5. The SMILES string of the molecule is Cc1cc(-c2cnc(Nc3cnc(CN4CCN(C)CC4)cn3)s2)nc(Oc2ccc(Cl)cc2Cl)n1. The number of hydrogen-bond acceptors (Lipinski definition) is 10. The first kappa shape index (κ1) is 24.8. The highest BCUT2D eigenvalue weighted by Crippen LogP contribution is 2.33. The first-order valence-electron chi connectivity index (χ1n) is 11.3. The van der Waals surface area contributed by atoms with E-state index in [2.05, 4.69) is 47.1 Å². The van der Waals surface area contributed by atoms with Crippen LogP contribution in [0, 0.1) is 6.92 Å². The third-order valence-electron chi connectivity index (χ3n) is 5.61. The molecule has 0 unspecified atom stereocenters. The number of anilines is 2. The van der Waals surface area contributed by atoms with Gasteiger partial charge in [-0.25, -0.2) is 15.0 Å². The Morgan fingerprint density at radius 3 is 2.58 bits per heavy atom. The topological polar surface area (TPSA) is 92.2 Å². The van der Waals surface area contributed by atoms with Gasteiger partial charge in [-0.1, -0.05) is 34.5 Å². The van der Waals surface area contributed by atoms with E-state index in [1.165, 1.54) is 11.3 Å². The second kappa shape index (κ2) is 11.0. The first-order chi connectivity index (χ1) is 17.4. The van der Waals surface area contributed by atoms with Crippen LogP contribution in [0.1, 0.15) is 11.4 Å². The van der Waals surface area contributed by atoms with Crippen molar-refractivity contribution in [3.8, 4) is 22.3 Å². The largest absolute Gasteiger partial charge is 0.423 e. The maximum atomic E-state index is 6.22. The van der Waals surface area contributed by atoms with Gasteiger partial charge in [0, 0.05) is 49.6 Å². The number of benzene rings is 1. The van der Waals surface area contributed by atoms with Gasteiger partial charge in [-0.3, -0.25) is 9.88 Å². The van der Waals surface area contributed by atoms with Crippen molar-refractivity contribution in [3.05, 3.63) is 64.3 Å². The maximum Gasteiger partial charge on any atom is 0.322 e. The van der Waals surface area contributed by atoms with Crippen LogP contribution in [0.5, 0.6) is 11.8 Å². The zero-order chi connectivity index (χ0) is 25.1. The minimum absolute atomic E-state index is 0.193. The van der Waals surface area contributed by atoms with Crippen LogP contribution >= 0.6 is 34.5 Å². The van der Waals surface area contributed by atoms with Gasteiger partial charge in [0.05, 0.1) is 33.7 Å². The van der Waals surface area contributed by atoms with E-state index < -0.39 is 0 Å². The lowest BCUT2D eigenvalue weighted by Crippen LogP contribution is -2.44. The Bertz CT molecular complexity index is 1340. The fourth-order valence-electron chi connectivity index (χ4n) is 3.67. The van der Waals surface area contributed by atoms with E-state index in [1.54, 1.807) is 30.6 Å². The predicted molar refractivity (Wildman–Crippen MR) is 143 cm³/mol. The molecule has 0 amide bonds. The Kier molecular flexibility index (Phi) is 7.59. The Morgan fingerprint density at radius 1 is 1.00 bits per heavy atom. The average molecular weight is 543 g/mol. The second-order valence-corrected chi connectivity index (χ2v) is 10.4. The van der Waals surface area contributed by atoms with Crippen LogP contribution < -0.4 is 10.1 Å². The van der Waals surface area contributed by atoms with Crippen molar-refractivity contribution in [2.45, 2.75) is 13.5 Å². The predicted octanol–water partition coefficient (Wildman–Crippen LogP) is 5.29. The third kappa shape index (κ3) is 6.26. The lowest BCUT2D eigenvalue weighted by molar-refractivity contribution is 0.147. The molecule has 0 radical (unpaired) electrons. The highest BCUT2D eigenvalue weighted by Gasteiger charge is 2.15. The van der Waals surface area contributed by atoms with Crippen molar-refractivity contribution in [1.82, 2.24) is 34.7 Å². The number of hydrogen-bond donors (Lipinski definition) is 1. The van der Waals surface area contributed by atoms with E-state index in [9.17, 15) is 0 Å². The molecule has 4 heterocycles. The Labute approximate surface area is 223 Å². The Balaban J connectivity index is 1.25. The molecule has 4 aromatic rings. The molecule has 186 valence electrons. The minimum atomic E-state index is 0.193. The van der Waals surface area contributed by atoms with Gasteiger partial charge in [0.15, 0.2) is 10.9 Å². The number of nitrogens with zero attached hydrogens (tertiary/aromatic N) is 7. The summed E-state index contributed by atoms with van der Waals surface area (Å²) in [5, 5.41) is 4.82. The Hall–Kier alpha value is -2.89. The third-order valence-corrected chi connectivity index (χ3v) is 7.07. The summed E-state index contributed by atoms with van der Waals surface area (Å²) in [6.07, 6.45) is 5.31. The number of ether oxygens (including phenoxy) is 1. The van der Waals surface area contributed by atoms with Crippen LogP contribution in [0.4, 0.5) is 10.9 Å². The van der Waals surface area contributed by atoms with Crippen LogP contribution in [0.2, 0.25) is 10.0 Å². The number of halogens is 2. The van der Waals surface area contributed by atoms with Crippen molar-refractivity contribution in [2.75, 3.05) is 38.5 Å². The highest BCUT2D eigenvalue weighted by atomic mass is 35.5. The zero-order valence-corrected chi connectivity index (χ0v) is 22.1. The van der Waals surface area contributed by atoms with E-state index in [1.807, 2.05) is 19.2 Å². The van der Waals surface area contributed by atoms with Gasteiger partial charge in [-0.05, 0) is 38.2 Å². The van der Waals surface area contributed by atoms with E-state index in [4.69, 9.17) is 27.9 Å². The maximum absolute atomic E-state index is 6.22. The zero-order valence-electron chi connectivity index (χ0n) is 19.8. The fourth-order valence-corrected chi connectivity index (χ4v) is 4.90. The lowest BCUT2D eigenvalue weighted by atomic mass is 10.3. The molecule has 5 rings (SSSR count). The molecule has 0 bridgehead atoms. The summed E-state index contributed by atoms with van der Waals surface area (Å²) in [4.78, 5) is 28.0. The average Bonchev–Trinajstić information content (AvgIpc) is 3.32.